The van der Waals surface area contributed by atoms with Crippen LogP contribution < -0.4 is 4.90 Å². The molecule has 4 aromatic rings. The van der Waals surface area contributed by atoms with Crippen molar-refractivity contribution in [1.82, 2.24) is 14.5 Å². The summed E-state index contributed by atoms with van der Waals surface area (Å²) in [4.78, 5) is 22.4. The predicted molar refractivity (Wildman–Crippen MR) is 131 cm³/mol. The van der Waals surface area contributed by atoms with Crippen molar-refractivity contribution in [3.63, 3.8) is 0 Å². The first-order valence-corrected chi connectivity index (χ1v) is 11.8. The Balaban J connectivity index is 1.28. The van der Waals surface area contributed by atoms with Crippen molar-refractivity contribution in [2.75, 3.05) is 24.5 Å². The average molecular weight is 437 g/mol. The van der Waals surface area contributed by atoms with Gasteiger partial charge in [-0.2, -0.15) is 0 Å². The van der Waals surface area contributed by atoms with E-state index in [2.05, 4.69) is 76.0 Å². The van der Waals surface area contributed by atoms with Crippen LogP contribution in [0.15, 0.2) is 79.0 Å². The zero-order valence-electron chi connectivity index (χ0n) is 18.9. The predicted octanol–water partition coefficient (Wildman–Crippen LogP) is 4.92. The lowest BCUT2D eigenvalue weighted by Gasteiger charge is -2.42. The van der Waals surface area contributed by atoms with E-state index in [9.17, 15) is 4.79 Å². The van der Waals surface area contributed by atoms with Crippen molar-refractivity contribution in [2.24, 2.45) is 0 Å². The minimum absolute atomic E-state index is 0.169. The van der Waals surface area contributed by atoms with Crippen molar-refractivity contribution < 1.29 is 4.79 Å². The number of amides is 1. The van der Waals surface area contributed by atoms with E-state index in [1.807, 2.05) is 29.3 Å². The molecule has 166 valence electrons. The van der Waals surface area contributed by atoms with Gasteiger partial charge in [0.2, 0.25) is 5.91 Å². The second-order valence-electron chi connectivity index (χ2n) is 9.21. The maximum atomic E-state index is 13.4. The first kappa shape index (κ1) is 20.2. The largest absolute Gasteiger partial charge is 0.330 e. The summed E-state index contributed by atoms with van der Waals surface area (Å²) in [5, 5.41) is 2.31. The van der Waals surface area contributed by atoms with Crippen LogP contribution in [0.3, 0.4) is 0 Å². The van der Waals surface area contributed by atoms with Crippen LogP contribution in [-0.4, -0.2) is 40.0 Å². The number of anilines is 1. The number of fused-ring (bicyclic) bond motifs is 2. The fourth-order valence-electron chi connectivity index (χ4n) is 5.63. The summed E-state index contributed by atoms with van der Waals surface area (Å²) in [6.07, 6.45) is 3.03. The van der Waals surface area contributed by atoms with Gasteiger partial charge in [0.05, 0.1) is 30.2 Å². The number of hydrogen-bond acceptors (Lipinski definition) is 3. The topological polar surface area (TPSA) is 41.4 Å². The van der Waals surface area contributed by atoms with Gasteiger partial charge in [-0.25, -0.2) is 4.98 Å². The van der Waals surface area contributed by atoms with Gasteiger partial charge in [0.15, 0.2) is 0 Å². The number of carbonyl (C=O) groups excluding carboxylic acids is 1. The molecule has 5 heteroatoms. The highest BCUT2D eigenvalue weighted by atomic mass is 16.2. The van der Waals surface area contributed by atoms with Crippen LogP contribution in [0, 0.1) is 6.92 Å². The zero-order valence-corrected chi connectivity index (χ0v) is 18.9. The molecule has 2 atom stereocenters. The van der Waals surface area contributed by atoms with Gasteiger partial charge in [-0.3, -0.25) is 9.69 Å². The van der Waals surface area contributed by atoms with Gasteiger partial charge in [-0.15, -0.1) is 0 Å². The van der Waals surface area contributed by atoms with Gasteiger partial charge in [0.1, 0.15) is 5.82 Å². The van der Waals surface area contributed by atoms with Gasteiger partial charge in [0.25, 0.3) is 0 Å². The van der Waals surface area contributed by atoms with Gasteiger partial charge in [-0.05, 0) is 30.4 Å². The monoisotopic (exact) mass is 436 g/mol. The average Bonchev–Trinajstić information content (AvgIpc) is 3.24. The third-order valence-electron chi connectivity index (χ3n) is 7.36. The fraction of sp³-hybridized carbons (Fsp3) is 0.286. The summed E-state index contributed by atoms with van der Waals surface area (Å²) in [7, 11) is 0. The molecular formula is C28H28N4O. The fourth-order valence-corrected chi connectivity index (χ4v) is 5.63. The third kappa shape index (κ3) is 3.53. The second-order valence-corrected chi connectivity index (χ2v) is 9.21. The van der Waals surface area contributed by atoms with E-state index in [0.29, 0.717) is 19.0 Å². The van der Waals surface area contributed by atoms with Gasteiger partial charge in [0, 0.05) is 30.9 Å². The van der Waals surface area contributed by atoms with E-state index >= 15 is 0 Å². The van der Waals surface area contributed by atoms with Crippen molar-refractivity contribution in [2.45, 2.75) is 31.8 Å². The molecule has 3 aromatic carbocycles. The highest BCUT2D eigenvalue weighted by molar-refractivity contribution is 6.04. The lowest BCUT2D eigenvalue weighted by atomic mass is 9.87. The molecule has 2 aliphatic rings. The summed E-state index contributed by atoms with van der Waals surface area (Å²) in [5.74, 6) is 1.64. The molecule has 2 aliphatic heterocycles. The molecule has 1 fully saturated rings. The van der Waals surface area contributed by atoms with E-state index in [-0.39, 0.29) is 11.9 Å². The summed E-state index contributed by atoms with van der Waals surface area (Å²) in [5.41, 5.74) is 3.62. The molecule has 0 bridgehead atoms. The zero-order chi connectivity index (χ0) is 22.4. The molecule has 5 nitrogen and oxygen atoms in total. The number of piperazine rings is 1. The number of aromatic nitrogens is 2. The van der Waals surface area contributed by atoms with E-state index < -0.39 is 0 Å². The Morgan fingerprint density at radius 2 is 1.70 bits per heavy atom. The lowest BCUT2D eigenvalue weighted by Crippen LogP contribution is -2.52. The smallest absolute Gasteiger partial charge is 0.241 e. The number of benzene rings is 3. The number of hydrogen-bond donors (Lipinski definition) is 0. The Labute approximate surface area is 194 Å². The molecule has 1 saturated heterocycles. The standard InChI is InChI=1S/C28H28N4O/c1-20-29-17-27-26(16-23(18-32(20)27)21-8-3-2-4-9-21)30-14-15-31(28(33)19-30)25-13-7-11-22-10-5-6-12-24(22)25/h2-13,17,23,26H,14-16,18-19H2,1H3/t23-,26?/m1/s1. The molecule has 1 aromatic heterocycles. The maximum absolute atomic E-state index is 13.4. The van der Waals surface area contributed by atoms with Gasteiger partial charge in [-0.1, -0.05) is 66.7 Å². The van der Waals surface area contributed by atoms with Crippen molar-refractivity contribution in [1.29, 1.82) is 0 Å². The van der Waals surface area contributed by atoms with Gasteiger partial charge < -0.3 is 9.47 Å². The quantitative estimate of drug-likeness (QED) is 0.458. The molecule has 6 rings (SSSR count). The Kier molecular flexibility index (Phi) is 4.99. The number of nitrogens with zero attached hydrogens (tertiary/aromatic N) is 4. The molecule has 1 unspecified atom stereocenters. The molecular weight excluding hydrogens is 408 g/mol. The normalized spacial score (nSPS) is 21.4. The lowest BCUT2D eigenvalue weighted by molar-refractivity contribution is -0.122. The van der Waals surface area contributed by atoms with Crippen LogP contribution in [0.5, 0.6) is 0 Å². The highest BCUT2D eigenvalue weighted by Crippen LogP contribution is 2.40. The number of imidazole rings is 1. The third-order valence-corrected chi connectivity index (χ3v) is 7.36. The summed E-state index contributed by atoms with van der Waals surface area (Å²) in [6.45, 7) is 5.01. The summed E-state index contributed by atoms with van der Waals surface area (Å²) < 4.78 is 2.35. The van der Waals surface area contributed by atoms with Crippen LogP contribution in [-0.2, 0) is 11.3 Å². The van der Waals surface area contributed by atoms with Crippen LogP contribution in [0.4, 0.5) is 5.69 Å². The van der Waals surface area contributed by atoms with Crippen LogP contribution in [0.1, 0.15) is 35.5 Å². The molecule has 0 saturated carbocycles. The molecule has 1 amide bonds. The number of rotatable bonds is 3. The molecule has 0 spiro atoms. The Morgan fingerprint density at radius 3 is 2.55 bits per heavy atom. The van der Waals surface area contributed by atoms with E-state index in [1.54, 1.807) is 0 Å². The van der Waals surface area contributed by atoms with Crippen LogP contribution in [0.25, 0.3) is 10.8 Å². The summed E-state index contributed by atoms with van der Waals surface area (Å²) in [6, 6.07) is 25.5. The molecule has 0 radical (unpaired) electrons. The molecule has 33 heavy (non-hydrogen) atoms. The Hall–Kier alpha value is -3.44. The van der Waals surface area contributed by atoms with E-state index in [4.69, 9.17) is 0 Å². The summed E-state index contributed by atoms with van der Waals surface area (Å²) >= 11 is 0. The van der Waals surface area contributed by atoms with E-state index in [1.165, 1.54) is 16.6 Å². The van der Waals surface area contributed by atoms with Crippen molar-refractivity contribution in [3.05, 3.63) is 96.1 Å². The van der Waals surface area contributed by atoms with Crippen molar-refractivity contribution >= 4 is 22.4 Å². The number of carbonyl (C=O) groups is 1. The Morgan fingerprint density at radius 1 is 0.909 bits per heavy atom. The van der Waals surface area contributed by atoms with Gasteiger partial charge >= 0.3 is 0 Å². The minimum Gasteiger partial charge on any atom is -0.330 e. The molecule has 3 heterocycles. The first-order chi connectivity index (χ1) is 16.2. The maximum Gasteiger partial charge on any atom is 0.241 e. The second kappa shape index (κ2) is 8.16. The van der Waals surface area contributed by atoms with E-state index in [0.717, 1.165) is 36.4 Å². The first-order valence-electron chi connectivity index (χ1n) is 11.8. The molecule has 0 aliphatic carbocycles. The SMILES string of the molecule is Cc1ncc2n1C[C@H](c1ccccc1)CC2N1CCN(c2cccc3ccccc23)C(=O)C1. The Bertz CT molecular complexity index is 1310. The number of aryl methyl sites for hydroxylation is 1. The van der Waals surface area contributed by atoms with Crippen molar-refractivity contribution in [3.8, 4) is 0 Å². The molecule has 0 N–H and O–H groups in total. The highest BCUT2D eigenvalue weighted by Gasteiger charge is 2.37. The minimum atomic E-state index is 0.169. The van der Waals surface area contributed by atoms with Crippen LogP contribution >= 0.6 is 0 Å². The van der Waals surface area contributed by atoms with Crippen LogP contribution in [0.2, 0.25) is 0 Å².